The molecule has 0 bridgehead atoms. The summed E-state index contributed by atoms with van der Waals surface area (Å²) in [5.74, 6) is 1.87. The molecule has 3 aliphatic rings. The third-order valence-corrected chi connectivity index (χ3v) is 4.95. The molecule has 0 radical (unpaired) electrons. The molecule has 0 aromatic rings. The van der Waals surface area contributed by atoms with Gasteiger partial charge in [0.25, 0.3) is 0 Å². The normalized spacial score (nSPS) is 27.7. The first-order chi connectivity index (χ1) is 9.85. The first-order valence-corrected chi connectivity index (χ1v) is 8.64. The van der Waals surface area contributed by atoms with E-state index < -0.39 is 0 Å². The van der Waals surface area contributed by atoms with E-state index in [1.807, 2.05) is 0 Å². The molecule has 2 saturated carbocycles. The predicted octanol–water partition coefficient (Wildman–Crippen LogP) is 2.59. The fourth-order valence-corrected chi connectivity index (χ4v) is 3.60. The average Bonchev–Trinajstić information content (AvgIpc) is 2.99. The molecule has 0 amide bonds. The molecule has 0 spiro atoms. The smallest absolute Gasteiger partial charge is 0.191 e. The van der Waals surface area contributed by atoms with Crippen molar-refractivity contribution in [1.29, 1.82) is 0 Å². The molecule has 122 valence electrons. The number of nitrogens with zero attached hydrogens (tertiary/aromatic N) is 2. The molecule has 1 saturated heterocycles. The van der Waals surface area contributed by atoms with E-state index in [1.165, 1.54) is 58.0 Å². The third-order valence-electron chi connectivity index (χ3n) is 4.95. The van der Waals surface area contributed by atoms with Crippen LogP contribution < -0.4 is 10.6 Å². The number of hydrogen-bond donors (Lipinski definition) is 2. The molecule has 5 heteroatoms. The van der Waals surface area contributed by atoms with Gasteiger partial charge in [0.1, 0.15) is 0 Å². The lowest BCUT2D eigenvalue weighted by atomic mass is 10.1. The molecule has 2 aliphatic carbocycles. The lowest BCUT2D eigenvalue weighted by Crippen LogP contribution is -2.45. The van der Waals surface area contributed by atoms with Crippen molar-refractivity contribution in [2.75, 3.05) is 26.2 Å². The highest BCUT2D eigenvalue weighted by Crippen LogP contribution is 2.29. The Morgan fingerprint density at radius 2 is 1.90 bits per heavy atom. The van der Waals surface area contributed by atoms with E-state index in [1.54, 1.807) is 0 Å². The van der Waals surface area contributed by atoms with Gasteiger partial charge < -0.3 is 10.6 Å². The summed E-state index contributed by atoms with van der Waals surface area (Å²) < 4.78 is 0. The molecule has 0 aromatic carbocycles. The summed E-state index contributed by atoms with van der Waals surface area (Å²) in [6.07, 6.45) is 9.67. The maximum atomic E-state index is 4.82. The van der Waals surface area contributed by atoms with Crippen molar-refractivity contribution in [1.82, 2.24) is 15.5 Å². The van der Waals surface area contributed by atoms with Gasteiger partial charge in [-0.3, -0.25) is 9.89 Å². The molecule has 21 heavy (non-hydrogen) atoms. The summed E-state index contributed by atoms with van der Waals surface area (Å²) in [4.78, 5) is 7.47. The van der Waals surface area contributed by atoms with E-state index in [0.29, 0.717) is 6.04 Å². The Hall–Kier alpha value is -0.0400. The standard InChI is InChI=1S/C16H30N4.HI/c1-2-17-16(18-11-13-5-3-4-6-13)19-14-9-10-20(12-14)15-7-8-15;/h13-15H,2-12H2,1H3,(H2,17,18,19);1H. The monoisotopic (exact) mass is 406 g/mol. The number of likely N-dealkylation sites (tertiary alicyclic amines) is 1. The second-order valence-electron chi connectivity index (χ2n) is 6.73. The summed E-state index contributed by atoms with van der Waals surface area (Å²) in [7, 11) is 0. The fraction of sp³-hybridized carbons (Fsp3) is 0.938. The first-order valence-electron chi connectivity index (χ1n) is 8.64. The maximum absolute atomic E-state index is 4.82. The van der Waals surface area contributed by atoms with Gasteiger partial charge in [0.15, 0.2) is 5.96 Å². The number of guanidine groups is 1. The van der Waals surface area contributed by atoms with E-state index >= 15 is 0 Å². The molecule has 1 aliphatic heterocycles. The molecule has 3 rings (SSSR count). The highest BCUT2D eigenvalue weighted by molar-refractivity contribution is 14.0. The summed E-state index contributed by atoms with van der Waals surface area (Å²) >= 11 is 0. The first kappa shape index (κ1) is 17.3. The Balaban J connectivity index is 0.00000161. The van der Waals surface area contributed by atoms with Gasteiger partial charge in [0.2, 0.25) is 0 Å². The molecule has 1 heterocycles. The fourth-order valence-electron chi connectivity index (χ4n) is 3.60. The van der Waals surface area contributed by atoms with Crippen molar-refractivity contribution >= 4 is 29.9 Å². The van der Waals surface area contributed by atoms with Crippen LogP contribution in [0.25, 0.3) is 0 Å². The van der Waals surface area contributed by atoms with Gasteiger partial charge in [-0.1, -0.05) is 12.8 Å². The van der Waals surface area contributed by atoms with Crippen LogP contribution in [0.4, 0.5) is 0 Å². The van der Waals surface area contributed by atoms with Crippen molar-refractivity contribution in [3.8, 4) is 0 Å². The number of nitrogens with one attached hydrogen (secondary N) is 2. The van der Waals surface area contributed by atoms with Crippen molar-refractivity contribution in [3.05, 3.63) is 0 Å². The van der Waals surface area contributed by atoms with Gasteiger partial charge in [-0.25, -0.2) is 0 Å². The summed E-state index contributed by atoms with van der Waals surface area (Å²) in [5.41, 5.74) is 0. The van der Waals surface area contributed by atoms with Crippen LogP contribution in [-0.2, 0) is 0 Å². The van der Waals surface area contributed by atoms with Crippen LogP contribution >= 0.6 is 24.0 Å². The zero-order valence-corrected chi connectivity index (χ0v) is 15.6. The van der Waals surface area contributed by atoms with E-state index in [4.69, 9.17) is 4.99 Å². The van der Waals surface area contributed by atoms with Crippen molar-refractivity contribution in [2.45, 2.75) is 64.0 Å². The predicted molar refractivity (Wildman–Crippen MR) is 99.5 cm³/mol. The van der Waals surface area contributed by atoms with E-state index in [-0.39, 0.29) is 24.0 Å². The minimum atomic E-state index is 0. The van der Waals surface area contributed by atoms with E-state index in [2.05, 4.69) is 22.5 Å². The topological polar surface area (TPSA) is 39.7 Å². The second-order valence-corrected chi connectivity index (χ2v) is 6.73. The van der Waals surface area contributed by atoms with E-state index in [0.717, 1.165) is 31.0 Å². The Labute approximate surface area is 146 Å². The highest BCUT2D eigenvalue weighted by Gasteiger charge is 2.34. The molecule has 4 nitrogen and oxygen atoms in total. The highest BCUT2D eigenvalue weighted by atomic mass is 127. The number of hydrogen-bond acceptors (Lipinski definition) is 2. The van der Waals surface area contributed by atoms with Gasteiger partial charge in [-0.15, -0.1) is 24.0 Å². The van der Waals surface area contributed by atoms with E-state index in [9.17, 15) is 0 Å². The van der Waals surface area contributed by atoms with Crippen molar-refractivity contribution in [2.24, 2.45) is 10.9 Å². The molecular weight excluding hydrogens is 375 g/mol. The molecular formula is C16H31IN4. The van der Waals surface area contributed by atoms with Crippen LogP contribution in [0.1, 0.15) is 51.9 Å². The lowest BCUT2D eigenvalue weighted by Gasteiger charge is -2.19. The third kappa shape index (κ3) is 5.27. The molecule has 2 N–H and O–H groups in total. The summed E-state index contributed by atoms with van der Waals surface area (Å²) in [6.45, 7) is 6.59. The zero-order chi connectivity index (χ0) is 13.8. The van der Waals surface area contributed by atoms with Crippen LogP contribution in [0.2, 0.25) is 0 Å². The van der Waals surface area contributed by atoms with Crippen LogP contribution in [0.3, 0.4) is 0 Å². The lowest BCUT2D eigenvalue weighted by molar-refractivity contribution is 0.321. The average molecular weight is 406 g/mol. The molecule has 3 fully saturated rings. The van der Waals surface area contributed by atoms with Crippen molar-refractivity contribution < 1.29 is 0 Å². The van der Waals surface area contributed by atoms with Crippen LogP contribution in [-0.4, -0.2) is 49.1 Å². The number of halogens is 1. The molecule has 1 atom stereocenters. The minimum absolute atomic E-state index is 0. The number of aliphatic imine (C=N–C) groups is 1. The zero-order valence-electron chi connectivity index (χ0n) is 13.3. The van der Waals surface area contributed by atoms with Crippen LogP contribution in [0.15, 0.2) is 4.99 Å². The maximum Gasteiger partial charge on any atom is 0.191 e. The Bertz CT molecular complexity index is 337. The van der Waals surface area contributed by atoms with Gasteiger partial charge in [-0.05, 0) is 44.9 Å². The SMILES string of the molecule is CCNC(=NCC1CCCC1)NC1CCN(C2CC2)C1.I. The summed E-state index contributed by atoms with van der Waals surface area (Å²) in [6, 6.07) is 1.50. The van der Waals surface area contributed by atoms with Gasteiger partial charge in [0, 0.05) is 38.3 Å². The quantitative estimate of drug-likeness (QED) is 0.419. The minimum Gasteiger partial charge on any atom is -0.357 e. The summed E-state index contributed by atoms with van der Waals surface area (Å²) in [5, 5.41) is 7.06. The molecule has 1 unspecified atom stereocenters. The van der Waals surface area contributed by atoms with Crippen LogP contribution in [0, 0.1) is 5.92 Å². The Morgan fingerprint density at radius 3 is 2.57 bits per heavy atom. The Morgan fingerprint density at radius 1 is 1.14 bits per heavy atom. The second kappa shape index (κ2) is 8.56. The number of rotatable bonds is 5. The van der Waals surface area contributed by atoms with Gasteiger partial charge in [0.05, 0.1) is 0 Å². The largest absolute Gasteiger partial charge is 0.357 e. The van der Waals surface area contributed by atoms with Crippen LogP contribution in [0.5, 0.6) is 0 Å². The Kier molecular flexibility index (Phi) is 7.05. The molecule has 0 aromatic heterocycles. The van der Waals surface area contributed by atoms with Gasteiger partial charge in [-0.2, -0.15) is 0 Å². The van der Waals surface area contributed by atoms with Gasteiger partial charge >= 0.3 is 0 Å². The van der Waals surface area contributed by atoms with Crippen molar-refractivity contribution in [3.63, 3.8) is 0 Å².